The van der Waals surface area contributed by atoms with Gasteiger partial charge in [-0.05, 0) is 62.1 Å². The Kier molecular flexibility index (Phi) is 5.45. The smallest absolute Gasteiger partial charge is 0.227 e. The fraction of sp³-hybridized carbons (Fsp3) is 0.435. The van der Waals surface area contributed by atoms with Gasteiger partial charge in [0.05, 0.1) is 23.5 Å². The van der Waals surface area contributed by atoms with E-state index in [2.05, 4.69) is 21.6 Å². The molecule has 1 aliphatic heterocycles. The van der Waals surface area contributed by atoms with E-state index in [-0.39, 0.29) is 17.6 Å². The predicted octanol–water partition coefficient (Wildman–Crippen LogP) is 3.30. The summed E-state index contributed by atoms with van der Waals surface area (Å²) in [4.78, 5) is 19.5. The second kappa shape index (κ2) is 8.05. The molecule has 0 saturated heterocycles. The molecule has 1 aromatic carbocycles. The van der Waals surface area contributed by atoms with E-state index in [1.807, 2.05) is 36.8 Å². The lowest BCUT2D eigenvalue weighted by Crippen LogP contribution is -2.38. The van der Waals surface area contributed by atoms with Crippen LogP contribution in [0.2, 0.25) is 0 Å². The lowest BCUT2D eigenvalue weighted by molar-refractivity contribution is -0.135. The van der Waals surface area contributed by atoms with Gasteiger partial charge in [-0.1, -0.05) is 0 Å². The molecule has 0 aliphatic carbocycles. The highest BCUT2D eigenvalue weighted by Crippen LogP contribution is 2.28. The van der Waals surface area contributed by atoms with Crippen molar-refractivity contribution in [2.45, 2.75) is 39.7 Å². The van der Waals surface area contributed by atoms with Crippen LogP contribution in [-0.2, 0) is 31.2 Å². The van der Waals surface area contributed by atoms with Gasteiger partial charge in [0.15, 0.2) is 0 Å². The molecule has 1 amide bonds. The van der Waals surface area contributed by atoms with Crippen LogP contribution in [0.5, 0.6) is 0 Å². The van der Waals surface area contributed by atoms with Crippen molar-refractivity contribution in [3.63, 3.8) is 0 Å². The molecule has 1 atom stereocenters. The highest BCUT2D eigenvalue weighted by Gasteiger charge is 2.29. The summed E-state index contributed by atoms with van der Waals surface area (Å²) in [5, 5.41) is 4.47. The fourth-order valence-electron chi connectivity index (χ4n) is 4.37. The minimum absolute atomic E-state index is 0.0769. The van der Waals surface area contributed by atoms with Crippen molar-refractivity contribution in [2.75, 3.05) is 13.6 Å². The Bertz CT molecular complexity index is 1070. The van der Waals surface area contributed by atoms with Crippen molar-refractivity contribution in [1.29, 1.82) is 0 Å². The number of benzene rings is 1. The molecule has 0 saturated carbocycles. The molecule has 158 valence electrons. The van der Waals surface area contributed by atoms with E-state index in [4.69, 9.17) is 0 Å². The normalized spacial score (nSPS) is 15.8. The number of rotatable bonds is 5. The first kappa shape index (κ1) is 20.3. The van der Waals surface area contributed by atoms with Gasteiger partial charge in [0, 0.05) is 39.3 Å². The number of carbonyl (C=O) groups excluding carboxylic acids is 1. The van der Waals surface area contributed by atoms with Gasteiger partial charge in [-0.3, -0.25) is 9.48 Å². The third kappa shape index (κ3) is 3.76. The molecule has 6 nitrogen and oxygen atoms in total. The van der Waals surface area contributed by atoms with Gasteiger partial charge >= 0.3 is 0 Å². The van der Waals surface area contributed by atoms with Gasteiger partial charge < -0.3 is 9.47 Å². The summed E-state index contributed by atoms with van der Waals surface area (Å²) in [6.45, 7) is 5.36. The number of aryl methyl sites for hydroxylation is 3. The number of carbonyl (C=O) groups is 1. The van der Waals surface area contributed by atoms with Crippen LogP contribution in [0.4, 0.5) is 4.39 Å². The number of likely N-dealkylation sites (N-methyl/N-ethyl adjacent to an activating group) is 1. The van der Waals surface area contributed by atoms with Crippen LogP contribution in [0.25, 0.3) is 11.3 Å². The summed E-state index contributed by atoms with van der Waals surface area (Å²) in [5.74, 6) is 0.819. The molecular formula is C23H28FN5O. The molecule has 1 aliphatic rings. The lowest BCUT2D eigenvalue weighted by Gasteiger charge is -2.28. The van der Waals surface area contributed by atoms with Crippen molar-refractivity contribution < 1.29 is 9.18 Å². The summed E-state index contributed by atoms with van der Waals surface area (Å²) in [6.07, 6.45) is 4.20. The zero-order valence-electron chi connectivity index (χ0n) is 18.0. The first-order valence-corrected chi connectivity index (χ1v) is 10.4. The second-order valence-corrected chi connectivity index (χ2v) is 8.20. The topological polar surface area (TPSA) is 56.0 Å². The number of halogens is 1. The maximum atomic E-state index is 13.3. The first-order chi connectivity index (χ1) is 14.3. The number of hydrogen-bond donors (Lipinski definition) is 0. The molecule has 3 heterocycles. The highest BCUT2D eigenvalue weighted by atomic mass is 19.1. The molecule has 0 N–H and O–H groups in total. The van der Waals surface area contributed by atoms with E-state index in [0.717, 1.165) is 47.7 Å². The van der Waals surface area contributed by atoms with Crippen molar-refractivity contribution in [3.8, 4) is 11.3 Å². The summed E-state index contributed by atoms with van der Waals surface area (Å²) in [6, 6.07) is 6.43. The van der Waals surface area contributed by atoms with Crippen LogP contribution in [-0.4, -0.2) is 43.7 Å². The van der Waals surface area contributed by atoms with Crippen molar-refractivity contribution in [2.24, 2.45) is 13.0 Å². The molecular weight excluding hydrogens is 381 g/mol. The Balaban J connectivity index is 1.45. The van der Waals surface area contributed by atoms with E-state index in [1.165, 1.54) is 17.7 Å². The van der Waals surface area contributed by atoms with E-state index < -0.39 is 0 Å². The van der Waals surface area contributed by atoms with Crippen LogP contribution in [0.15, 0.2) is 30.5 Å². The molecule has 3 aromatic rings. The maximum Gasteiger partial charge on any atom is 0.227 e. The van der Waals surface area contributed by atoms with Gasteiger partial charge in [-0.2, -0.15) is 5.10 Å². The Labute approximate surface area is 176 Å². The molecule has 0 radical (unpaired) electrons. The molecule has 4 rings (SSSR count). The van der Waals surface area contributed by atoms with Gasteiger partial charge in [0.25, 0.3) is 0 Å². The summed E-state index contributed by atoms with van der Waals surface area (Å²) in [7, 11) is 3.83. The van der Waals surface area contributed by atoms with Gasteiger partial charge in [0.1, 0.15) is 11.6 Å². The van der Waals surface area contributed by atoms with Crippen LogP contribution >= 0.6 is 0 Å². The van der Waals surface area contributed by atoms with E-state index in [1.54, 1.807) is 12.1 Å². The van der Waals surface area contributed by atoms with Gasteiger partial charge in [-0.15, -0.1) is 0 Å². The number of fused-ring (bicyclic) bond motifs is 1. The minimum Gasteiger partial charge on any atom is -0.345 e. The highest BCUT2D eigenvalue weighted by molar-refractivity contribution is 5.79. The second-order valence-electron chi connectivity index (χ2n) is 8.20. The summed E-state index contributed by atoms with van der Waals surface area (Å²) >= 11 is 0. The van der Waals surface area contributed by atoms with Crippen LogP contribution < -0.4 is 0 Å². The molecule has 0 spiro atoms. The average Bonchev–Trinajstić information content (AvgIpc) is 3.26. The summed E-state index contributed by atoms with van der Waals surface area (Å²) < 4.78 is 17.3. The Morgan fingerprint density at radius 2 is 2.00 bits per heavy atom. The first-order valence-electron chi connectivity index (χ1n) is 10.4. The molecule has 7 heteroatoms. The third-order valence-electron chi connectivity index (χ3n) is 6.28. The summed E-state index contributed by atoms with van der Waals surface area (Å²) in [5.41, 5.74) is 5.25. The number of hydrogen-bond acceptors (Lipinski definition) is 3. The zero-order chi connectivity index (χ0) is 21.4. The number of aromatic nitrogens is 4. The average molecular weight is 410 g/mol. The molecule has 0 fully saturated rings. The van der Waals surface area contributed by atoms with Crippen molar-refractivity contribution in [3.05, 3.63) is 59.1 Å². The monoisotopic (exact) mass is 409 g/mol. The van der Waals surface area contributed by atoms with Gasteiger partial charge in [-0.25, -0.2) is 9.37 Å². The number of amides is 1. The van der Waals surface area contributed by atoms with Crippen LogP contribution in [0, 0.1) is 25.6 Å². The molecule has 2 aromatic heterocycles. The third-order valence-corrected chi connectivity index (χ3v) is 6.28. The zero-order valence-corrected chi connectivity index (χ0v) is 18.0. The minimum atomic E-state index is -0.258. The number of imidazole rings is 1. The lowest BCUT2D eigenvalue weighted by atomic mass is 9.97. The van der Waals surface area contributed by atoms with Crippen LogP contribution in [0.3, 0.4) is 0 Å². The van der Waals surface area contributed by atoms with Crippen molar-refractivity contribution >= 4 is 5.91 Å². The predicted molar refractivity (Wildman–Crippen MR) is 113 cm³/mol. The van der Waals surface area contributed by atoms with E-state index in [0.29, 0.717) is 13.1 Å². The molecule has 0 bridgehead atoms. The van der Waals surface area contributed by atoms with Crippen molar-refractivity contribution in [1.82, 2.24) is 24.2 Å². The standard InChI is InChI=1S/C23H28FN5O/c1-15-20(16(2)28(4)26-15)11-12-27(3)23(30)18-7-10-22-25-13-21(29(22)14-18)17-5-8-19(24)9-6-17/h5-6,8-9,13,18H,7,10-12,14H2,1-4H3. The molecule has 1 unspecified atom stereocenters. The Hall–Kier alpha value is -2.96. The maximum absolute atomic E-state index is 13.3. The van der Waals surface area contributed by atoms with Crippen LogP contribution in [0.1, 0.15) is 29.2 Å². The Morgan fingerprint density at radius 1 is 1.27 bits per heavy atom. The van der Waals surface area contributed by atoms with Gasteiger partial charge in [0.2, 0.25) is 5.91 Å². The molecule has 30 heavy (non-hydrogen) atoms. The number of nitrogens with zero attached hydrogens (tertiary/aromatic N) is 5. The quantitative estimate of drug-likeness (QED) is 0.650. The van der Waals surface area contributed by atoms with E-state index >= 15 is 0 Å². The van der Waals surface area contributed by atoms with E-state index in [9.17, 15) is 9.18 Å². The largest absolute Gasteiger partial charge is 0.345 e. The SMILES string of the molecule is Cc1nn(C)c(C)c1CCN(C)C(=O)C1CCc2ncc(-c3ccc(F)cc3)n2C1. The fourth-order valence-corrected chi connectivity index (χ4v) is 4.37. The Morgan fingerprint density at radius 3 is 2.67 bits per heavy atom.